The molecule has 0 atom stereocenters. The van der Waals surface area contributed by atoms with Gasteiger partial charge in [0.05, 0.1) is 11.5 Å². The lowest BCUT2D eigenvalue weighted by molar-refractivity contribution is -0.385. The fourth-order valence-corrected chi connectivity index (χ4v) is 2.42. The number of benzene rings is 1. The molecule has 8 heteroatoms. The number of anilines is 1. The van der Waals surface area contributed by atoms with E-state index in [1.165, 1.54) is 12.1 Å². The van der Waals surface area contributed by atoms with Crippen LogP contribution in [-0.4, -0.2) is 65.3 Å². The second kappa shape index (κ2) is 6.51. The molecule has 2 rings (SSSR count). The number of nitro groups is 1. The molecular formula is C13H17N3O5. The number of aliphatic hydroxyl groups excluding tert-OH is 1. The number of carboxylic acid groups (broad SMARTS) is 1. The molecule has 0 radical (unpaired) electrons. The molecule has 1 aliphatic heterocycles. The average Bonchev–Trinajstić information content (AvgIpc) is 2.47. The van der Waals surface area contributed by atoms with Gasteiger partial charge >= 0.3 is 5.97 Å². The second-order valence-corrected chi connectivity index (χ2v) is 4.82. The van der Waals surface area contributed by atoms with Crippen LogP contribution in [0.3, 0.4) is 0 Å². The van der Waals surface area contributed by atoms with Crippen LogP contribution < -0.4 is 4.90 Å². The highest BCUT2D eigenvalue weighted by molar-refractivity contribution is 5.93. The minimum atomic E-state index is -1.30. The molecule has 1 fully saturated rings. The number of carbonyl (C=O) groups is 1. The Kier molecular flexibility index (Phi) is 4.71. The average molecular weight is 295 g/mol. The Bertz CT molecular complexity index is 541. The van der Waals surface area contributed by atoms with Crippen LogP contribution in [0.2, 0.25) is 0 Å². The van der Waals surface area contributed by atoms with Crippen LogP contribution in [0.1, 0.15) is 10.4 Å². The topological polar surface area (TPSA) is 107 Å². The zero-order valence-electron chi connectivity index (χ0n) is 11.4. The number of piperazine rings is 1. The lowest BCUT2D eigenvalue weighted by Gasteiger charge is -2.35. The monoisotopic (exact) mass is 295 g/mol. The molecule has 1 aromatic rings. The molecule has 2 N–H and O–H groups in total. The van der Waals surface area contributed by atoms with E-state index in [4.69, 9.17) is 10.2 Å². The van der Waals surface area contributed by atoms with Crippen molar-refractivity contribution < 1.29 is 19.9 Å². The molecule has 0 spiro atoms. The van der Waals surface area contributed by atoms with Crippen LogP contribution in [0, 0.1) is 10.1 Å². The van der Waals surface area contributed by atoms with Crippen LogP contribution in [-0.2, 0) is 0 Å². The number of hydrogen-bond acceptors (Lipinski definition) is 6. The van der Waals surface area contributed by atoms with Crippen molar-refractivity contribution >= 4 is 17.3 Å². The van der Waals surface area contributed by atoms with Crippen LogP contribution in [0.25, 0.3) is 0 Å². The van der Waals surface area contributed by atoms with Gasteiger partial charge in [-0.3, -0.25) is 15.0 Å². The van der Waals surface area contributed by atoms with E-state index in [1.54, 1.807) is 6.07 Å². The van der Waals surface area contributed by atoms with Crippen LogP contribution in [0.4, 0.5) is 11.4 Å². The maximum Gasteiger partial charge on any atom is 0.342 e. The van der Waals surface area contributed by atoms with Gasteiger partial charge in [0.15, 0.2) is 0 Å². The van der Waals surface area contributed by atoms with E-state index in [2.05, 4.69) is 4.90 Å². The second-order valence-electron chi connectivity index (χ2n) is 4.82. The summed E-state index contributed by atoms with van der Waals surface area (Å²) < 4.78 is 0. The minimum Gasteiger partial charge on any atom is -0.477 e. The van der Waals surface area contributed by atoms with Gasteiger partial charge < -0.3 is 15.1 Å². The fraction of sp³-hybridized carbons (Fsp3) is 0.462. The van der Waals surface area contributed by atoms with Gasteiger partial charge in [0.1, 0.15) is 5.56 Å². The van der Waals surface area contributed by atoms with Gasteiger partial charge in [-0.05, 0) is 12.1 Å². The standard InChI is InChI=1S/C13H17N3O5/c17-8-7-14-3-5-15(6-4-14)10-1-2-11(13(18)19)12(9-10)16(20)21/h1-2,9,17H,3-8H2,(H,18,19). The summed E-state index contributed by atoms with van der Waals surface area (Å²) in [6.45, 7) is 3.61. The van der Waals surface area contributed by atoms with E-state index in [0.717, 1.165) is 13.1 Å². The zero-order chi connectivity index (χ0) is 15.4. The largest absolute Gasteiger partial charge is 0.477 e. The third kappa shape index (κ3) is 3.47. The molecule has 0 aliphatic carbocycles. The summed E-state index contributed by atoms with van der Waals surface area (Å²) in [7, 11) is 0. The molecule has 21 heavy (non-hydrogen) atoms. The number of nitro benzene ring substituents is 1. The summed E-state index contributed by atoms with van der Waals surface area (Å²) in [4.78, 5) is 25.4. The lowest BCUT2D eigenvalue weighted by Crippen LogP contribution is -2.47. The summed E-state index contributed by atoms with van der Waals surface area (Å²) in [5, 5.41) is 28.8. The molecule has 1 aliphatic rings. The molecule has 8 nitrogen and oxygen atoms in total. The predicted molar refractivity (Wildman–Crippen MR) is 75.8 cm³/mol. The summed E-state index contributed by atoms with van der Waals surface area (Å²) in [5.41, 5.74) is -0.0456. The number of rotatable bonds is 5. The molecule has 0 unspecified atom stereocenters. The van der Waals surface area contributed by atoms with Gasteiger partial charge in [0.2, 0.25) is 0 Å². The molecular weight excluding hydrogens is 278 g/mol. The number of nitrogens with zero attached hydrogens (tertiary/aromatic N) is 3. The summed E-state index contributed by atoms with van der Waals surface area (Å²) in [6.07, 6.45) is 0. The highest BCUT2D eigenvalue weighted by Gasteiger charge is 2.23. The molecule has 1 aromatic carbocycles. The molecule has 0 bridgehead atoms. The van der Waals surface area contributed by atoms with E-state index in [1.807, 2.05) is 4.90 Å². The molecule has 1 heterocycles. The van der Waals surface area contributed by atoms with Crippen LogP contribution >= 0.6 is 0 Å². The van der Waals surface area contributed by atoms with E-state index < -0.39 is 16.6 Å². The maximum absolute atomic E-state index is 11.0. The molecule has 114 valence electrons. The maximum atomic E-state index is 11.0. The fourth-order valence-electron chi connectivity index (χ4n) is 2.42. The number of carboxylic acids is 1. The van der Waals surface area contributed by atoms with Crippen molar-refractivity contribution in [1.29, 1.82) is 0 Å². The van der Waals surface area contributed by atoms with E-state index in [9.17, 15) is 14.9 Å². The van der Waals surface area contributed by atoms with Gasteiger partial charge in [0.25, 0.3) is 5.69 Å². The lowest BCUT2D eigenvalue weighted by atomic mass is 10.1. The Balaban J connectivity index is 2.16. The highest BCUT2D eigenvalue weighted by atomic mass is 16.6. The molecule has 1 saturated heterocycles. The van der Waals surface area contributed by atoms with Crippen molar-refractivity contribution in [3.05, 3.63) is 33.9 Å². The predicted octanol–water partition coefficient (Wildman–Crippen LogP) is 0.407. The SMILES string of the molecule is O=C(O)c1ccc(N2CCN(CCO)CC2)cc1[N+](=O)[O-]. The van der Waals surface area contributed by atoms with Crippen LogP contribution in [0.15, 0.2) is 18.2 Å². The number of aliphatic hydroxyl groups is 1. The normalized spacial score (nSPS) is 16.0. The van der Waals surface area contributed by atoms with Gasteiger partial charge in [-0.2, -0.15) is 0 Å². The Morgan fingerprint density at radius 1 is 1.29 bits per heavy atom. The van der Waals surface area contributed by atoms with Gasteiger partial charge in [-0.15, -0.1) is 0 Å². The highest BCUT2D eigenvalue weighted by Crippen LogP contribution is 2.26. The number of aromatic carboxylic acids is 1. The van der Waals surface area contributed by atoms with Crippen molar-refractivity contribution in [3.63, 3.8) is 0 Å². The first-order chi connectivity index (χ1) is 10.0. The van der Waals surface area contributed by atoms with Crippen molar-refractivity contribution in [1.82, 2.24) is 4.90 Å². The Morgan fingerprint density at radius 3 is 2.48 bits per heavy atom. The van der Waals surface area contributed by atoms with Crippen LogP contribution in [0.5, 0.6) is 0 Å². The third-order valence-electron chi connectivity index (χ3n) is 3.56. The first kappa shape index (κ1) is 15.2. The Labute approximate surface area is 121 Å². The van der Waals surface area contributed by atoms with Gasteiger partial charge in [-0.25, -0.2) is 4.79 Å². The van der Waals surface area contributed by atoms with E-state index in [-0.39, 0.29) is 12.2 Å². The first-order valence-electron chi connectivity index (χ1n) is 6.63. The summed E-state index contributed by atoms with van der Waals surface area (Å²) >= 11 is 0. The van der Waals surface area contributed by atoms with E-state index >= 15 is 0 Å². The van der Waals surface area contributed by atoms with Crippen molar-refractivity contribution in [3.8, 4) is 0 Å². The quantitative estimate of drug-likeness (QED) is 0.598. The van der Waals surface area contributed by atoms with E-state index in [0.29, 0.717) is 25.3 Å². The van der Waals surface area contributed by atoms with Gasteiger partial charge in [-0.1, -0.05) is 0 Å². The molecule has 0 saturated carbocycles. The third-order valence-corrected chi connectivity index (χ3v) is 3.56. The Morgan fingerprint density at radius 2 is 1.95 bits per heavy atom. The van der Waals surface area contributed by atoms with Gasteiger partial charge in [0, 0.05) is 44.5 Å². The van der Waals surface area contributed by atoms with Crippen molar-refractivity contribution in [2.75, 3.05) is 44.2 Å². The summed E-state index contributed by atoms with van der Waals surface area (Å²) in [5.74, 6) is -1.30. The minimum absolute atomic E-state index is 0.110. The first-order valence-corrected chi connectivity index (χ1v) is 6.63. The van der Waals surface area contributed by atoms with Crippen molar-refractivity contribution in [2.24, 2.45) is 0 Å². The number of hydrogen-bond donors (Lipinski definition) is 2. The number of β-amino-alcohol motifs (C(OH)–C–C–N with tert-alkyl or cyclic N) is 1. The molecule has 0 aromatic heterocycles. The summed E-state index contributed by atoms with van der Waals surface area (Å²) in [6, 6.07) is 4.18. The van der Waals surface area contributed by atoms with Crippen molar-refractivity contribution in [2.45, 2.75) is 0 Å². The zero-order valence-corrected chi connectivity index (χ0v) is 11.4. The smallest absolute Gasteiger partial charge is 0.342 e. The Hall–Kier alpha value is -2.19. The molecule has 0 amide bonds.